The molecule has 106 valence electrons. The van der Waals surface area contributed by atoms with E-state index in [1.165, 1.54) is 12.1 Å². The summed E-state index contributed by atoms with van der Waals surface area (Å²) >= 11 is 0. The second-order valence-corrected chi connectivity index (χ2v) is 4.91. The lowest BCUT2D eigenvalue weighted by molar-refractivity contribution is 0.628. The lowest BCUT2D eigenvalue weighted by Gasteiger charge is -2.08. The van der Waals surface area contributed by atoms with E-state index in [-0.39, 0.29) is 5.82 Å². The van der Waals surface area contributed by atoms with Gasteiger partial charge in [0.2, 0.25) is 0 Å². The van der Waals surface area contributed by atoms with E-state index in [9.17, 15) is 4.39 Å². The number of benzene rings is 1. The van der Waals surface area contributed by atoms with Gasteiger partial charge in [0, 0.05) is 29.7 Å². The molecule has 0 N–H and O–H groups in total. The zero-order valence-corrected chi connectivity index (χ0v) is 11.5. The van der Waals surface area contributed by atoms with Crippen LogP contribution in [0.4, 0.5) is 4.39 Å². The highest BCUT2D eigenvalue weighted by Gasteiger charge is 2.10. The Morgan fingerprint density at radius 3 is 2.55 bits per heavy atom. The van der Waals surface area contributed by atoms with Gasteiger partial charge in [0.25, 0.3) is 0 Å². The van der Waals surface area contributed by atoms with Crippen molar-refractivity contribution in [3.8, 4) is 22.4 Å². The van der Waals surface area contributed by atoms with Crippen LogP contribution < -0.4 is 0 Å². The van der Waals surface area contributed by atoms with Crippen LogP contribution in [0.2, 0.25) is 0 Å². The lowest BCUT2D eigenvalue weighted by Crippen LogP contribution is -1.94. The molecular formula is C17H11FN4. The van der Waals surface area contributed by atoms with Gasteiger partial charge < -0.3 is 4.40 Å². The summed E-state index contributed by atoms with van der Waals surface area (Å²) in [5.41, 5.74) is 4.37. The van der Waals surface area contributed by atoms with Crippen molar-refractivity contribution in [3.63, 3.8) is 0 Å². The molecule has 22 heavy (non-hydrogen) atoms. The summed E-state index contributed by atoms with van der Waals surface area (Å²) in [6, 6.07) is 12.1. The first-order valence-corrected chi connectivity index (χ1v) is 6.82. The molecule has 0 saturated carbocycles. The molecule has 1 aromatic carbocycles. The molecule has 0 radical (unpaired) electrons. The van der Waals surface area contributed by atoms with Gasteiger partial charge in [-0.3, -0.25) is 0 Å². The van der Waals surface area contributed by atoms with Gasteiger partial charge >= 0.3 is 0 Å². The minimum absolute atomic E-state index is 0.257. The Bertz CT molecular complexity index is 944. The quantitative estimate of drug-likeness (QED) is 0.566. The van der Waals surface area contributed by atoms with Gasteiger partial charge in [0.1, 0.15) is 17.2 Å². The number of fused-ring (bicyclic) bond motifs is 1. The molecule has 0 unspecified atom stereocenters. The van der Waals surface area contributed by atoms with Gasteiger partial charge in [-0.05, 0) is 35.9 Å². The summed E-state index contributed by atoms with van der Waals surface area (Å²) in [4.78, 5) is 4.23. The van der Waals surface area contributed by atoms with E-state index >= 15 is 0 Å². The Labute approximate surface area is 125 Å². The molecule has 0 spiro atoms. The SMILES string of the molecule is Fc1ccc(-c2ccnnc2-c2ccc3nccn3c2)cc1. The van der Waals surface area contributed by atoms with Crippen molar-refractivity contribution in [1.29, 1.82) is 0 Å². The number of hydrogen-bond donors (Lipinski definition) is 0. The first-order valence-electron chi connectivity index (χ1n) is 6.82. The monoisotopic (exact) mass is 290 g/mol. The normalized spacial score (nSPS) is 11.0. The van der Waals surface area contributed by atoms with Crippen molar-refractivity contribution < 1.29 is 4.39 Å². The van der Waals surface area contributed by atoms with E-state index in [0.29, 0.717) is 0 Å². The van der Waals surface area contributed by atoms with E-state index < -0.39 is 0 Å². The van der Waals surface area contributed by atoms with Crippen LogP contribution >= 0.6 is 0 Å². The molecule has 0 aliphatic carbocycles. The number of nitrogens with zero attached hydrogens (tertiary/aromatic N) is 4. The second kappa shape index (κ2) is 5.04. The van der Waals surface area contributed by atoms with Gasteiger partial charge in [0.05, 0.1) is 6.20 Å². The van der Waals surface area contributed by atoms with Crippen LogP contribution in [0, 0.1) is 5.82 Å². The topological polar surface area (TPSA) is 43.1 Å². The van der Waals surface area contributed by atoms with Gasteiger partial charge in [-0.25, -0.2) is 9.37 Å². The van der Waals surface area contributed by atoms with E-state index in [0.717, 1.165) is 28.0 Å². The third kappa shape index (κ3) is 2.13. The van der Waals surface area contributed by atoms with Crippen LogP contribution in [0.1, 0.15) is 0 Å². The second-order valence-electron chi connectivity index (χ2n) is 4.91. The molecule has 5 heteroatoms. The number of imidazole rings is 1. The maximum atomic E-state index is 13.1. The number of rotatable bonds is 2. The van der Waals surface area contributed by atoms with Gasteiger partial charge in [0.15, 0.2) is 0 Å². The highest BCUT2D eigenvalue weighted by Crippen LogP contribution is 2.29. The van der Waals surface area contributed by atoms with E-state index in [1.54, 1.807) is 24.5 Å². The Morgan fingerprint density at radius 1 is 0.864 bits per heavy atom. The van der Waals surface area contributed by atoms with Crippen LogP contribution in [-0.2, 0) is 0 Å². The fourth-order valence-corrected chi connectivity index (χ4v) is 2.47. The number of hydrogen-bond acceptors (Lipinski definition) is 3. The highest BCUT2D eigenvalue weighted by atomic mass is 19.1. The maximum Gasteiger partial charge on any atom is 0.136 e. The first kappa shape index (κ1) is 12.6. The smallest absolute Gasteiger partial charge is 0.136 e. The van der Waals surface area contributed by atoms with Crippen molar-refractivity contribution in [2.45, 2.75) is 0 Å². The molecule has 4 rings (SSSR count). The van der Waals surface area contributed by atoms with Crippen LogP contribution in [0.5, 0.6) is 0 Å². The third-order valence-electron chi connectivity index (χ3n) is 3.54. The molecule has 0 atom stereocenters. The van der Waals surface area contributed by atoms with Crippen molar-refractivity contribution in [3.05, 3.63) is 73.1 Å². The molecule has 4 nitrogen and oxygen atoms in total. The summed E-state index contributed by atoms with van der Waals surface area (Å²) in [6.07, 6.45) is 7.22. The Hall–Kier alpha value is -3.08. The van der Waals surface area contributed by atoms with Gasteiger partial charge in [-0.15, -0.1) is 5.10 Å². The molecule has 0 amide bonds. The van der Waals surface area contributed by atoms with E-state index in [2.05, 4.69) is 15.2 Å². The van der Waals surface area contributed by atoms with Gasteiger partial charge in [-0.2, -0.15) is 5.10 Å². The predicted octanol–water partition coefficient (Wildman–Crippen LogP) is 3.60. The average molecular weight is 290 g/mol. The summed E-state index contributed by atoms with van der Waals surface area (Å²) < 4.78 is 15.1. The zero-order valence-electron chi connectivity index (χ0n) is 11.5. The predicted molar refractivity (Wildman–Crippen MR) is 81.6 cm³/mol. The number of aromatic nitrogens is 4. The summed E-state index contributed by atoms with van der Waals surface area (Å²) in [6.45, 7) is 0. The van der Waals surface area contributed by atoms with Crippen LogP contribution in [0.3, 0.4) is 0 Å². The maximum absolute atomic E-state index is 13.1. The van der Waals surface area contributed by atoms with Crippen LogP contribution in [-0.4, -0.2) is 19.6 Å². The summed E-state index contributed by atoms with van der Waals surface area (Å²) in [5.74, 6) is -0.257. The molecule has 3 heterocycles. The number of halogens is 1. The summed E-state index contributed by atoms with van der Waals surface area (Å²) in [5, 5.41) is 8.24. The zero-order chi connectivity index (χ0) is 14.9. The summed E-state index contributed by atoms with van der Waals surface area (Å²) in [7, 11) is 0. The van der Waals surface area contributed by atoms with E-state index in [4.69, 9.17) is 0 Å². The van der Waals surface area contributed by atoms with Crippen LogP contribution in [0.15, 0.2) is 67.3 Å². The Morgan fingerprint density at radius 2 is 1.68 bits per heavy atom. The number of pyridine rings is 1. The molecule has 0 bridgehead atoms. The largest absolute Gasteiger partial charge is 0.306 e. The fraction of sp³-hybridized carbons (Fsp3) is 0. The standard InChI is InChI=1S/C17H11FN4/c18-14-4-1-12(2-5-14)15-7-8-20-21-17(15)13-3-6-16-19-9-10-22(16)11-13/h1-11H. The Balaban J connectivity index is 1.89. The third-order valence-corrected chi connectivity index (χ3v) is 3.54. The van der Waals surface area contributed by atoms with Crippen molar-refractivity contribution in [1.82, 2.24) is 19.6 Å². The minimum Gasteiger partial charge on any atom is -0.306 e. The molecule has 0 fully saturated rings. The fourth-order valence-electron chi connectivity index (χ4n) is 2.47. The molecule has 0 aliphatic heterocycles. The van der Waals surface area contributed by atoms with Crippen molar-refractivity contribution >= 4 is 5.65 Å². The van der Waals surface area contributed by atoms with E-state index in [1.807, 2.05) is 35.0 Å². The molecule has 0 aliphatic rings. The minimum atomic E-state index is -0.257. The van der Waals surface area contributed by atoms with Gasteiger partial charge in [-0.1, -0.05) is 12.1 Å². The van der Waals surface area contributed by atoms with Crippen molar-refractivity contribution in [2.75, 3.05) is 0 Å². The highest BCUT2D eigenvalue weighted by molar-refractivity contribution is 5.80. The Kier molecular flexibility index (Phi) is 2.89. The van der Waals surface area contributed by atoms with Crippen molar-refractivity contribution in [2.24, 2.45) is 0 Å². The molecule has 3 aromatic heterocycles. The molecule has 4 aromatic rings. The first-order chi connectivity index (χ1) is 10.8. The average Bonchev–Trinajstić information content (AvgIpc) is 3.03. The lowest BCUT2D eigenvalue weighted by atomic mass is 10.0. The molecular weight excluding hydrogens is 279 g/mol. The van der Waals surface area contributed by atoms with Crippen LogP contribution in [0.25, 0.3) is 28.0 Å². The molecule has 0 saturated heterocycles.